The standard InChI is InChI=1S/C15H16N/c1-13(15-10-6-3-7-11-15)16-12-14-8-4-2-5-9-14/h2-11,13H,12H2,1H3. The van der Waals surface area contributed by atoms with E-state index >= 15 is 0 Å². The summed E-state index contributed by atoms with van der Waals surface area (Å²) in [6.07, 6.45) is 0. The minimum Gasteiger partial charge on any atom is -0.229 e. The Morgan fingerprint density at radius 2 is 1.44 bits per heavy atom. The predicted octanol–water partition coefficient (Wildman–Crippen LogP) is 3.55. The van der Waals surface area contributed by atoms with Crippen molar-refractivity contribution in [2.45, 2.75) is 19.5 Å². The van der Waals surface area contributed by atoms with Gasteiger partial charge >= 0.3 is 0 Å². The molecule has 0 aliphatic heterocycles. The number of benzene rings is 2. The maximum Gasteiger partial charge on any atom is 0.0471 e. The number of nitrogens with zero attached hydrogens (tertiary/aromatic N) is 1. The molecule has 1 nitrogen and oxygen atoms in total. The summed E-state index contributed by atoms with van der Waals surface area (Å²) in [5.74, 6) is 0. The molecule has 1 radical (unpaired) electrons. The summed E-state index contributed by atoms with van der Waals surface area (Å²) in [6.45, 7) is 2.93. The molecule has 0 saturated heterocycles. The van der Waals surface area contributed by atoms with Gasteiger partial charge < -0.3 is 0 Å². The second kappa shape index (κ2) is 5.47. The van der Waals surface area contributed by atoms with E-state index in [0.29, 0.717) is 0 Å². The maximum absolute atomic E-state index is 4.66. The molecule has 0 amide bonds. The highest BCUT2D eigenvalue weighted by Crippen LogP contribution is 2.13. The Kier molecular flexibility index (Phi) is 3.73. The summed E-state index contributed by atoms with van der Waals surface area (Å²) in [4.78, 5) is 0. The fourth-order valence-electron chi connectivity index (χ4n) is 1.66. The molecule has 0 N–H and O–H groups in total. The summed E-state index contributed by atoms with van der Waals surface area (Å²) in [6, 6.07) is 21.0. The van der Waals surface area contributed by atoms with Crippen molar-refractivity contribution in [3.05, 3.63) is 71.8 Å². The molecule has 1 heteroatoms. The summed E-state index contributed by atoms with van der Waals surface area (Å²) < 4.78 is 0. The van der Waals surface area contributed by atoms with Gasteiger partial charge in [-0.05, 0) is 18.1 Å². The Morgan fingerprint density at radius 3 is 2.06 bits per heavy atom. The van der Waals surface area contributed by atoms with Gasteiger partial charge in [0.25, 0.3) is 0 Å². The van der Waals surface area contributed by atoms with Gasteiger partial charge in [-0.3, -0.25) is 0 Å². The molecule has 0 saturated carbocycles. The molecule has 2 rings (SSSR count). The maximum atomic E-state index is 4.66. The fourth-order valence-corrected chi connectivity index (χ4v) is 1.66. The van der Waals surface area contributed by atoms with Gasteiger partial charge in [0.05, 0.1) is 0 Å². The van der Waals surface area contributed by atoms with Crippen LogP contribution in [0.4, 0.5) is 0 Å². The van der Waals surface area contributed by atoms with Crippen LogP contribution in [0.2, 0.25) is 0 Å². The Bertz CT molecular complexity index is 408. The van der Waals surface area contributed by atoms with E-state index in [9.17, 15) is 0 Å². The second-order valence-corrected chi connectivity index (χ2v) is 3.91. The summed E-state index contributed by atoms with van der Waals surface area (Å²) in [5, 5.41) is 4.66. The SMILES string of the molecule is CC([N]Cc1ccccc1)c1ccccc1. The van der Waals surface area contributed by atoms with Gasteiger partial charge in [-0.1, -0.05) is 60.7 Å². The molecular formula is C15H16N. The first kappa shape index (κ1) is 10.9. The van der Waals surface area contributed by atoms with Crippen LogP contribution in [0.1, 0.15) is 24.1 Å². The lowest BCUT2D eigenvalue weighted by Crippen LogP contribution is -2.10. The van der Waals surface area contributed by atoms with E-state index in [-0.39, 0.29) is 6.04 Å². The molecule has 0 aliphatic carbocycles. The molecule has 1 unspecified atom stereocenters. The molecule has 0 aromatic heterocycles. The van der Waals surface area contributed by atoms with Crippen LogP contribution in [-0.2, 0) is 6.54 Å². The number of hydrogen-bond donors (Lipinski definition) is 0. The van der Waals surface area contributed by atoms with Crippen LogP contribution in [0.25, 0.3) is 0 Å². The van der Waals surface area contributed by atoms with E-state index in [1.807, 2.05) is 12.1 Å². The lowest BCUT2D eigenvalue weighted by atomic mass is 10.1. The smallest absolute Gasteiger partial charge is 0.0471 e. The van der Waals surface area contributed by atoms with Crippen LogP contribution < -0.4 is 5.32 Å². The molecule has 1 atom stereocenters. The first-order valence-electron chi connectivity index (χ1n) is 5.62. The third kappa shape index (κ3) is 2.94. The molecule has 0 fully saturated rings. The molecule has 0 aliphatic rings. The third-order valence-corrected chi connectivity index (χ3v) is 2.67. The fraction of sp³-hybridized carbons (Fsp3) is 0.200. The summed E-state index contributed by atoms with van der Waals surface area (Å²) in [5.41, 5.74) is 2.55. The van der Waals surface area contributed by atoms with Crippen LogP contribution in [-0.4, -0.2) is 0 Å². The van der Waals surface area contributed by atoms with Crippen molar-refractivity contribution < 1.29 is 0 Å². The molecule has 0 bridgehead atoms. The van der Waals surface area contributed by atoms with Gasteiger partial charge in [0.2, 0.25) is 0 Å². The van der Waals surface area contributed by atoms with Gasteiger partial charge in [-0.15, -0.1) is 0 Å². The predicted molar refractivity (Wildman–Crippen MR) is 67.1 cm³/mol. The summed E-state index contributed by atoms with van der Waals surface area (Å²) >= 11 is 0. The van der Waals surface area contributed by atoms with Crippen molar-refractivity contribution in [3.8, 4) is 0 Å². The second-order valence-electron chi connectivity index (χ2n) is 3.91. The molecule has 2 aromatic carbocycles. The molecule has 2 aromatic rings. The number of hydrogen-bond acceptors (Lipinski definition) is 0. The van der Waals surface area contributed by atoms with Crippen molar-refractivity contribution in [1.29, 1.82) is 0 Å². The third-order valence-electron chi connectivity index (χ3n) is 2.67. The van der Waals surface area contributed by atoms with Gasteiger partial charge in [0, 0.05) is 12.6 Å². The molecule has 81 valence electrons. The largest absolute Gasteiger partial charge is 0.229 e. The van der Waals surface area contributed by atoms with E-state index < -0.39 is 0 Å². The Morgan fingerprint density at radius 1 is 0.875 bits per heavy atom. The number of rotatable bonds is 4. The van der Waals surface area contributed by atoms with E-state index in [0.717, 1.165) is 6.54 Å². The topological polar surface area (TPSA) is 14.1 Å². The van der Waals surface area contributed by atoms with Crippen molar-refractivity contribution in [3.63, 3.8) is 0 Å². The lowest BCUT2D eigenvalue weighted by molar-refractivity contribution is 0.561. The zero-order valence-electron chi connectivity index (χ0n) is 9.51. The Hall–Kier alpha value is -1.60. The minimum atomic E-state index is 0.265. The first-order chi connectivity index (χ1) is 7.86. The van der Waals surface area contributed by atoms with Gasteiger partial charge in [0.1, 0.15) is 0 Å². The van der Waals surface area contributed by atoms with Crippen molar-refractivity contribution >= 4 is 0 Å². The quantitative estimate of drug-likeness (QED) is 0.732. The average molecular weight is 210 g/mol. The van der Waals surface area contributed by atoms with Crippen molar-refractivity contribution in [2.75, 3.05) is 0 Å². The molecule has 16 heavy (non-hydrogen) atoms. The highest BCUT2D eigenvalue weighted by atomic mass is 14.9. The highest BCUT2D eigenvalue weighted by molar-refractivity contribution is 5.19. The van der Waals surface area contributed by atoms with Crippen LogP contribution >= 0.6 is 0 Å². The van der Waals surface area contributed by atoms with Crippen molar-refractivity contribution in [1.82, 2.24) is 5.32 Å². The average Bonchev–Trinajstić information content (AvgIpc) is 2.38. The Labute approximate surface area is 97.1 Å². The van der Waals surface area contributed by atoms with E-state index in [2.05, 4.69) is 60.8 Å². The zero-order chi connectivity index (χ0) is 11.2. The Balaban J connectivity index is 1.92. The van der Waals surface area contributed by atoms with Gasteiger partial charge in [0.15, 0.2) is 0 Å². The van der Waals surface area contributed by atoms with Crippen molar-refractivity contribution in [2.24, 2.45) is 0 Å². The highest BCUT2D eigenvalue weighted by Gasteiger charge is 2.04. The van der Waals surface area contributed by atoms with Crippen LogP contribution in [0.3, 0.4) is 0 Å². The summed E-state index contributed by atoms with van der Waals surface area (Å²) in [7, 11) is 0. The van der Waals surface area contributed by atoms with E-state index in [1.54, 1.807) is 0 Å². The van der Waals surface area contributed by atoms with E-state index in [1.165, 1.54) is 11.1 Å². The monoisotopic (exact) mass is 210 g/mol. The normalized spacial score (nSPS) is 12.3. The van der Waals surface area contributed by atoms with Crippen LogP contribution in [0.15, 0.2) is 60.7 Å². The molecule has 0 heterocycles. The first-order valence-corrected chi connectivity index (χ1v) is 5.62. The zero-order valence-corrected chi connectivity index (χ0v) is 9.51. The van der Waals surface area contributed by atoms with E-state index in [4.69, 9.17) is 0 Å². The molecule has 0 spiro atoms. The minimum absolute atomic E-state index is 0.265. The van der Waals surface area contributed by atoms with Crippen LogP contribution in [0, 0.1) is 0 Å². The van der Waals surface area contributed by atoms with Crippen LogP contribution in [0.5, 0.6) is 0 Å². The van der Waals surface area contributed by atoms with Gasteiger partial charge in [-0.25, -0.2) is 5.32 Å². The van der Waals surface area contributed by atoms with Gasteiger partial charge in [-0.2, -0.15) is 0 Å². The molecular weight excluding hydrogens is 194 g/mol. The lowest BCUT2D eigenvalue weighted by Gasteiger charge is -2.11.